The maximum Gasteiger partial charge on any atom is 0.410 e. The van der Waals surface area contributed by atoms with Crippen molar-refractivity contribution in [1.82, 2.24) is 4.90 Å². The average Bonchev–Trinajstić information content (AvgIpc) is 2.52. The van der Waals surface area contributed by atoms with E-state index >= 15 is 0 Å². The summed E-state index contributed by atoms with van der Waals surface area (Å²) >= 11 is 11.9. The van der Waals surface area contributed by atoms with Crippen molar-refractivity contribution < 1.29 is 9.53 Å². The molecule has 5 heteroatoms. The molecule has 3 nitrogen and oxygen atoms in total. The molecule has 0 radical (unpaired) electrons. The molecule has 1 fully saturated rings. The first-order chi connectivity index (χ1) is 8.02. The normalized spacial score (nSPS) is 24.0. The van der Waals surface area contributed by atoms with Crippen LogP contribution < -0.4 is 0 Å². The largest absolute Gasteiger partial charge is 0.439 e. The van der Waals surface area contributed by atoms with Crippen LogP contribution in [0.15, 0.2) is 18.2 Å². The van der Waals surface area contributed by atoms with Gasteiger partial charge in [-0.05, 0) is 37.6 Å². The Morgan fingerprint density at radius 1 is 1.29 bits per heavy atom. The smallest absolute Gasteiger partial charge is 0.410 e. The Hall–Kier alpha value is -0.930. The van der Waals surface area contributed by atoms with Gasteiger partial charge in [-0.2, -0.15) is 0 Å². The fourth-order valence-corrected chi connectivity index (χ4v) is 2.65. The summed E-state index contributed by atoms with van der Waals surface area (Å²) in [6, 6.07) is 5.20. The number of amides is 1. The van der Waals surface area contributed by atoms with E-state index in [0.29, 0.717) is 16.6 Å². The van der Waals surface area contributed by atoms with Crippen molar-refractivity contribution in [3.8, 4) is 0 Å². The topological polar surface area (TPSA) is 29.5 Å². The molecular formula is C12H13Cl2NO2. The van der Waals surface area contributed by atoms with E-state index in [2.05, 4.69) is 0 Å². The van der Waals surface area contributed by atoms with E-state index in [1.54, 1.807) is 23.1 Å². The fourth-order valence-electron chi connectivity index (χ4n) is 2.11. The predicted octanol–water partition coefficient (Wildman–Crippen LogP) is 3.90. The van der Waals surface area contributed by atoms with Crippen molar-refractivity contribution in [2.45, 2.75) is 26.0 Å². The van der Waals surface area contributed by atoms with Gasteiger partial charge in [0.25, 0.3) is 0 Å². The third-order valence-corrected chi connectivity index (χ3v) is 3.38. The first-order valence-electron chi connectivity index (χ1n) is 5.46. The van der Waals surface area contributed by atoms with Crippen LogP contribution in [0.1, 0.15) is 25.5 Å². The molecule has 1 aliphatic rings. The maximum atomic E-state index is 11.6. The highest BCUT2D eigenvalue weighted by Gasteiger charge is 2.38. The molecule has 1 aromatic carbocycles. The Morgan fingerprint density at radius 3 is 2.35 bits per heavy atom. The molecule has 0 aliphatic carbocycles. The molecule has 0 aromatic heterocycles. The number of cyclic esters (lactones) is 1. The Bertz CT molecular complexity index is 430. The summed E-state index contributed by atoms with van der Waals surface area (Å²) in [5.41, 5.74) is 0.833. The molecule has 92 valence electrons. The highest BCUT2D eigenvalue weighted by Crippen LogP contribution is 2.34. The van der Waals surface area contributed by atoms with Crippen LogP contribution in [-0.2, 0) is 4.74 Å². The lowest BCUT2D eigenvalue weighted by atomic mass is 10.0. The number of carbonyl (C=O) groups is 1. The molecule has 1 aliphatic heterocycles. The van der Waals surface area contributed by atoms with E-state index < -0.39 is 0 Å². The molecule has 1 aromatic rings. The Morgan fingerprint density at radius 2 is 1.88 bits per heavy atom. The molecular weight excluding hydrogens is 261 g/mol. The fraction of sp³-hybridized carbons (Fsp3) is 0.417. The van der Waals surface area contributed by atoms with Crippen LogP contribution in [0.25, 0.3) is 0 Å². The van der Waals surface area contributed by atoms with Gasteiger partial charge in [-0.1, -0.05) is 23.2 Å². The number of hydrogen-bond acceptors (Lipinski definition) is 2. The highest BCUT2D eigenvalue weighted by atomic mass is 35.5. The molecule has 0 spiro atoms. The van der Waals surface area contributed by atoms with E-state index in [-0.39, 0.29) is 18.2 Å². The Kier molecular flexibility index (Phi) is 3.50. The molecule has 1 saturated heterocycles. The molecule has 0 N–H and O–H groups in total. The summed E-state index contributed by atoms with van der Waals surface area (Å²) in [4.78, 5) is 13.3. The van der Waals surface area contributed by atoms with Gasteiger partial charge in [-0.15, -0.1) is 0 Å². The van der Waals surface area contributed by atoms with Crippen molar-refractivity contribution in [1.29, 1.82) is 0 Å². The summed E-state index contributed by atoms with van der Waals surface area (Å²) in [5, 5.41) is 1.09. The van der Waals surface area contributed by atoms with Gasteiger partial charge in [0.1, 0.15) is 6.10 Å². The average molecular weight is 274 g/mol. The summed E-state index contributed by atoms with van der Waals surface area (Å²) in [6.07, 6.45) is -0.597. The lowest BCUT2D eigenvalue weighted by Crippen LogP contribution is -2.31. The van der Waals surface area contributed by atoms with Gasteiger partial charge in [0.2, 0.25) is 0 Å². The molecule has 0 unspecified atom stereocenters. The minimum absolute atomic E-state index is 0.0120. The number of halogens is 2. The quantitative estimate of drug-likeness (QED) is 0.818. The zero-order valence-corrected chi connectivity index (χ0v) is 11.1. The minimum atomic E-state index is -0.307. The molecule has 1 amide bonds. The molecule has 1 heterocycles. The number of nitrogens with zero attached hydrogens (tertiary/aromatic N) is 1. The van der Waals surface area contributed by atoms with Crippen molar-refractivity contribution >= 4 is 29.3 Å². The van der Waals surface area contributed by atoms with E-state index in [1.807, 2.05) is 13.8 Å². The third kappa shape index (κ3) is 2.35. The van der Waals surface area contributed by atoms with Crippen LogP contribution in [0.4, 0.5) is 4.79 Å². The Balaban J connectivity index is 2.32. The molecule has 2 atom stereocenters. The molecule has 0 bridgehead atoms. The SMILES string of the molecule is CCN1C(=O)O[C@H](c2cc(Cl)cc(Cl)c2)[C@@H]1C. The summed E-state index contributed by atoms with van der Waals surface area (Å²) in [5.74, 6) is 0. The second-order valence-electron chi connectivity index (χ2n) is 4.03. The number of hydrogen-bond donors (Lipinski definition) is 0. The summed E-state index contributed by atoms with van der Waals surface area (Å²) < 4.78 is 5.34. The molecule has 0 saturated carbocycles. The number of benzene rings is 1. The molecule has 2 rings (SSSR count). The second-order valence-corrected chi connectivity index (χ2v) is 4.91. The van der Waals surface area contributed by atoms with Gasteiger partial charge >= 0.3 is 6.09 Å². The first kappa shape index (κ1) is 12.5. The lowest BCUT2D eigenvalue weighted by Gasteiger charge is -2.19. The number of ether oxygens (including phenoxy) is 1. The van der Waals surface area contributed by atoms with E-state index in [9.17, 15) is 4.79 Å². The van der Waals surface area contributed by atoms with Gasteiger partial charge in [0.15, 0.2) is 0 Å². The minimum Gasteiger partial charge on any atom is -0.439 e. The predicted molar refractivity (Wildman–Crippen MR) is 67.5 cm³/mol. The standard InChI is InChI=1S/C12H13Cl2NO2/c1-3-15-7(2)11(17-12(15)16)8-4-9(13)6-10(14)5-8/h4-7,11H,3H2,1-2H3/t7-,11-/m0/s1. The van der Waals surface area contributed by atoms with Gasteiger partial charge < -0.3 is 9.64 Å². The van der Waals surface area contributed by atoms with Crippen molar-refractivity contribution in [2.75, 3.05) is 6.54 Å². The van der Waals surface area contributed by atoms with Gasteiger partial charge in [-0.25, -0.2) is 4.79 Å². The highest BCUT2D eigenvalue weighted by molar-refractivity contribution is 6.34. The second kappa shape index (κ2) is 4.75. The van der Waals surface area contributed by atoms with Crippen LogP contribution in [0, 0.1) is 0 Å². The first-order valence-corrected chi connectivity index (χ1v) is 6.21. The monoisotopic (exact) mass is 273 g/mol. The maximum absolute atomic E-state index is 11.6. The van der Waals surface area contributed by atoms with Gasteiger partial charge in [0, 0.05) is 16.6 Å². The van der Waals surface area contributed by atoms with Crippen molar-refractivity contribution in [3.05, 3.63) is 33.8 Å². The summed E-state index contributed by atoms with van der Waals surface area (Å²) in [6.45, 7) is 4.50. The lowest BCUT2D eigenvalue weighted by molar-refractivity contribution is 0.131. The van der Waals surface area contributed by atoms with Crippen LogP contribution in [0.5, 0.6) is 0 Å². The van der Waals surface area contributed by atoms with Gasteiger partial charge in [-0.3, -0.25) is 0 Å². The number of likely N-dealkylation sites (N-methyl/N-ethyl adjacent to an activating group) is 1. The zero-order chi connectivity index (χ0) is 12.6. The zero-order valence-electron chi connectivity index (χ0n) is 9.61. The van der Waals surface area contributed by atoms with Crippen molar-refractivity contribution in [2.24, 2.45) is 0 Å². The van der Waals surface area contributed by atoms with Crippen LogP contribution in [0.2, 0.25) is 10.0 Å². The van der Waals surface area contributed by atoms with Gasteiger partial charge in [0.05, 0.1) is 6.04 Å². The summed E-state index contributed by atoms with van der Waals surface area (Å²) in [7, 11) is 0. The number of rotatable bonds is 2. The van der Waals surface area contributed by atoms with E-state index in [0.717, 1.165) is 5.56 Å². The van der Waals surface area contributed by atoms with Crippen LogP contribution >= 0.6 is 23.2 Å². The third-order valence-electron chi connectivity index (χ3n) is 2.95. The van der Waals surface area contributed by atoms with E-state index in [4.69, 9.17) is 27.9 Å². The Labute approximate surface area is 110 Å². The molecule has 17 heavy (non-hydrogen) atoms. The van der Waals surface area contributed by atoms with Crippen LogP contribution in [-0.4, -0.2) is 23.6 Å². The van der Waals surface area contributed by atoms with Crippen LogP contribution in [0.3, 0.4) is 0 Å². The van der Waals surface area contributed by atoms with E-state index in [1.165, 1.54) is 0 Å². The van der Waals surface area contributed by atoms with Crippen molar-refractivity contribution in [3.63, 3.8) is 0 Å². The number of carbonyl (C=O) groups excluding carboxylic acids is 1.